The molecule has 120 valence electrons. The molecule has 2 aliphatic rings. The summed E-state index contributed by atoms with van der Waals surface area (Å²) in [5, 5.41) is 18.6. The van der Waals surface area contributed by atoms with Crippen molar-refractivity contribution in [2.45, 2.75) is 63.8 Å². The van der Waals surface area contributed by atoms with Gasteiger partial charge >= 0.3 is 5.97 Å². The Kier molecular flexibility index (Phi) is 6.03. The second-order valence-corrected chi connectivity index (χ2v) is 6.38. The van der Waals surface area contributed by atoms with Crippen molar-refractivity contribution in [3.63, 3.8) is 0 Å². The highest BCUT2D eigenvalue weighted by Crippen LogP contribution is 2.33. The molecular weight excluding hydrogens is 270 g/mol. The third-order valence-electron chi connectivity index (χ3n) is 5.04. The number of rotatable bonds is 5. The molecule has 0 aromatic carbocycles. The molecular formula is C16H27NO4. The Hall–Kier alpha value is -1.10. The van der Waals surface area contributed by atoms with E-state index in [0.29, 0.717) is 19.4 Å². The molecule has 0 bridgehead atoms. The number of aliphatic hydroxyl groups is 1. The zero-order chi connectivity index (χ0) is 15.2. The predicted molar refractivity (Wildman–Crippen MR) is 78.8 cm³/mol. The van der Waals surface area contributed by atoms with E-state index < -0.39 is 17.8 Å². The van der Waals surface area contributed by atoms with Crippen LogP contribution in [0.3, 0.4) is 0 Å². The molecule has 1 amide bonds. The molecule has 2 saturated carbocycles. The molecule has 0 spiro atoms. The predicted octanol–water partition coefficient (Wildman–Crippen LogP) is 2.03. The van der Waals surface area contributed by atoms with E-state index in [1.807, 2.05) is 0 Å². The molecule has 2 N–H and O–H groups in total. The summed E-state index contributed by atoms with van der Waals surface area (Å²) in [4.78, 5) is 26.0. The van der Waals surface area contributed by atoms with Crippen molar-refractivity contribution >= 4 is 11.9 Å². The van der Waals surface area contributed by atoms with Crippen LogP contribution >= 0.6 is 0 Å². The zero-order valence-electron chi connectivity index (χ0n) is 12.7. The Morgan fingerprint density at radius 3 is 2.05 bits per heavy atom. The van der Waals surface area contributed by atoms with Gasteiger partial charge in [-0.1, -0.05) is 32.1 Å². The number of aliphatic carboxylic acids is 1. The maximum Gasteiger partial charge on any atom is 0.307 e. The molecule has 0 saturated heterocycles. The first-order chi connectivity index (χ1) is 10.1. The molecule has 0 aromatic heterocycles. The Balaban J connectivity index is 2.09. The molecule has 2 fully saturated rings. The Morgan fingerprint density at radius 2 is 1.48 bits per heavy atom. The minimum atomic E-state index is -0.847. The average Bonchev–Trinajstić information content (AvgIpc) is 2.52. The van der Waals surface area contributed by atoms with E-state index in [1.54, 1.807) is 4.90 Å². The molecule has 0 aliphatic heterocycles. The molecule has 2 rings (SSSR count). The standard InChI is InChI=1S/C16H27NO4/c18-11-10-17(12-6-2-1-3-7-12)15(19)13-8-4-5-9-14(13)16(20)21/h12-14,18H,1-11H2,(H,20,21). The van der Waals surface area contributed by atoms with E-state index in [4.69, 9.17) is 0 Å². The molecule has 21 heavy (non-hydrogen) atoms. The van der Waals surface area contributed by atoms with Crippen LogP contribution in [0.2, 0.25) is 0 Å². The van der Waals surface area contributed by atoms with Gasteiger partial charge in [-0.2, -0.15) is 0 Å². The van der Waals surface area contributed by atoms with E-state index in [0.717, 1.165) is 38.5 Å². The van der Waals surface area contributed by atoms with Crippen LogP contribution in [0.15, 0.2) is 0 Å². The van der Waals surface area contributed by atoms with Crippen LogP contribution in [0.4, 0.5) is 0 Å². The number of carbonyl (C=O) groups is 2. The van der Waals surface area contributed by atoms with Crippen LogP contribution < -0.4 is 0 Å². The molecule has 0 heterocycles. The Labute approximate surface area is 126 Å². The SMILES string of the molecule is O=C(O)C1CCCCC1C(=O)N(CCO)C1CCCCC1. The van der Waals surface area contributed by atoms with Gasteiger partial charge in [-0.15, -0.1) is 0 Å². The summed E-state index contributed by atoms with van der Waals surface area (Å²) in [7, 11) is 0. The molecule has 2 unspecified atom stereocenters. The number of carbonyl (C=O) groups excluding carboxylic acids is 1. The largest absolute Gasteiger partial charge is 0.481 e. The van der Waals surface area contributed by atoms with Crippen molar-refractivity contribution in [1.29, 1.82) is 0 Å². The van der Waals surface area contributed by atoms with Crippen LogP contribution in [-0.4, -0.2) is 46.2 Å². The van der Waals surface area contributed by atoms with E-state index >= 15 is 0 Å². The van der Waals surface area contributed by atoms with Gasteiger partial charge < -0.3 is 15.1 Å². The van der Waals surface area contributed by atoms with Crippen molar-refractivity contribution < 1.29 is 19.8 Å². The number of nitrogens with zero attached hydrogens (tertiary/aromatic N) is 1. The number of carboxylic acid groups (broad SMARTS) is 1. The maximum atomic E-state index is 12.9. The molecule has 5 nitrogen and oxygen atoms in total. The lowest BCUT2D eigenvalue weighted by molar-refractivity contribution is -0.154. The van der Waals surface area contributed by atoms with Crippen molar-refractivity contribution in [1.82, 2.24) is 4.90 Å². The van der Waals surface area contributed by atoms with Crippen LogP contribution in [0.25, 0.3) is 0 Å². The summed E-state index contributed by atoms with van der Waals surface area (Å²) in [6.45, 7) is 0.291. The lowest BCUT2D eigenvalue weighted by Crippen LogP contribution is -2.49. The van der Waals surface area contributed by atoms with Crippen LogP contribution in [0.5, 0.6) is 0 Å². The summed E-state index contributed by atoms with van der Waals surface area (Å²) in [6, 6.07) is 0.190. The maximum absolute atomic E-state index is 12.9. The highest BCUT2D eigenvalue weighted by atomic mass is 16.4. The monoisotopic (exact) mass is 297 g/mol. The summed E-state index contributed by atoms with van der Waals surface area (Å²) >= 11 is 0. The number of hydrogen-bond donors (Lipinski definition) is 2. The molecule has 2 atom stereocenters. The van der Waals surface area contributed by atoms with E-state index in [-0.39, 0.29) is 18.6 Å². The Morgan fingerprint density at radius 1 is 0.905 bits per heavy atom. The zero-order valence-corrected chi connectivity index (χ0v) is 12.7. The van der Waals surface area contributed by atoms with Gasteiger partial charge in [0.25, 0.3) is 0 Å². The number of hydrogen-bond acceptors (Lipinski definition) is 3. The second-order valence-electron chi connectivity index (χ2n) is 6.38. The first kappa shape index (κ1) is 16.3. The number of carboxylic acids is 1. The van der Waals surface area contributed by atoms with Crippen LogP contribution in [0, 0.1) is 11.8 Å². The summed E-state index contributed by atoms with van der Waals surface area (Å²) in [5.74, 6) is -1.83. The van der Waals surface area contributed by atoms with Crippen molar-refractivity contribution in [3.8, 4) is 0 Å². The minimum Gasteiger partial charge on any atom is -0.481 e. The van der Waals surface area contributed by atoms with Gasteiger partial charge in [-0.25, -0.2) is 0 Å². The molecule has 0 radical (unpaired) electrons. The molecule has 0 aromatic rings. The fourth-order valence-corrected chi connectivity index (χ4v) is 3.91. The second kappa shape index (κ2) is 7.78. The molecule has 5 heteroatoms. The molecule has 2 aliphatic carbocycles. The lowest BCUT2D eigenvalue weighted by Gasteiger charge is -2.38. The summed E-state index contributed by atoms with van der Waals surface area (Å²) < 4.78 is 0. The van der Waals surface area contributed by atoms with Gasteiger partial charge in [0.2, 0.25) is 5.91 Å². The fraction of sp³-hybridized carbons (Fsp3) is 0.875. The van der Waals surface area contributed by atoms with Gasteiger partial charge in [0.15, 0.2) is 0 Å². The minimum absolute atomic E-state index is 0.0388. The summed E-state index contributed by atoms with van der Waals surface area (Å²) in [6.07, 6.45) is 8.50. The Bertz CT molecular complexity index is 365. The number of aliphatic hydroxyl groups excluding tert-OH is 1. The third kappa shape index (κ3) is 3.96. The van der Waals surface area contributed by atoms with Crippen LogP contribution in [-0.2, 0) is 9.59 Å². The average molecular weight is 297 g/mol. The van der Waals surface area contributed by atoms with E-state index in [2.05, 4.69) is 0 Å². The van der Waals surface area contributed by atoms with Gasteiger partial charge in [0.1, 0.15) is 0 Å². The first-order valence-electron chi connectivity index (χ1n) is 8.29. The fourth-order valence-electron chi connectivity index (χ4n) is 3.91. The van der Waals surface area contributed by atoms with Gasteiger partial charge in [-0.05, 0) is 25.7 Å². The van der Waals surface area contributed by atoms with Crippen molar-refractivity contribution in [2.24, 2.45) is 11.8 Å². The van der Waals surface area contributed by atoms with Crippen molar-refractivity contribution in [2.75, 3.05) is 13.2 Å². The van der Waals surface area contributed by atoms with E-state index in [9.17, 15) is 19.8 Å². The topological polar surface area (TPSA) is 77.8 Å². The van der Waals surface area contributed by atoms with Crippen LogP contribution in [0.1, 0.15) is 57.8 Å². The van der Waals surface area contributed by atoms with Gasteiger partial charge in [-0.3, -0.25) is 9.59 Å². The first-order valence-corrected chi connectivity index (χ1v) is 8.29. The quantitative estimate of drug-likeness (QED) is 0.814. The van der Waals surface area contributed by atoms with Crippen molar-refractivity contribution in [3.05, 3.63) is 0 Å². The highest BCUT2D eigenvalue weighted by Gasteiger charge is 2.39. The van der Waals surface area contributed by atoms with Gasteiger partial charge in [0.05, 0.1) is 18.4 Å². The summed E-state index contributed by atoms with van der Waals surface area (Å²) in [5.41, 5.74) is 0. The smallest absolute Gasteiger partial charge is 0.307 e. The van der Waals surface area contributed by atoms with Gasteiger partial charge in [0, 0.05) is 12.6 Å². The third-order valence-corrected chi connectivity index (χ3v) is 5.04. The highest BCUT2D eigenvalue weighted by molar-refractivity contribution is 5.85. The number of amides is 1. The normalized spacial score (nSPS) is 27.3. The lowest BCUT2D eigenvalue weighted by atomic mass is 9.78. The van der Waals surface area contributed by atoms with E-state index in [1.165, 1.54) is 6.42 Å².